The molecule has 6 nitrogen and oxygen atoms in total. The molecule has 3 N–H and O–H groups in total. The average Bonchev–Trinajstić information content (AvgIpc) is 2.44. The Morgan fingerprint density at radius 3 is 2.75 bits per heavy atom. The number of carbonyl (C=O) groups is 2. The van der Waals surface area contributed by atoms with E-state index in [2.05, 4.69) is 15.6 Å². The number of amides is 2. The van der Waals surface area contributed by atoms with Gasteiger partial charge in [-0.15, -0.1) is 0 Å². The zero-order valence-electron chi connectivity index (χ0n) is 11.6. The first-order valence-electron chi connectivity index (χ1n) is 6.73. The zero-order valence-corrected chi connectivity index (χ0v) is 11.6. The Morgan fingerprint density at radius 1 is 1.35 bits per heavy atom. The number of aromatic nitrogens is 1. The first-order chi connectivity index (χ1) is 9.59. The Hall–Kier alpha value is -2.11. The molecule has 1 aromatic rings. The number of pyridine rings is 1. The first-order valence-corrected chi connectivity index (χ1v) is 6.73. The lowest BCUT2D eigenvalue weighted by Gasteiger charge is -2.09. The van der Waals surface area contributed by atoms with Crippen LogP contribution in [0.4, 0.5) is 4.79 Å². The van der Waals surface area contributed by atoms with Crippen molar-refractivity contribution >= 4 is 12.0 Å². The Morgan fingerprint density at radius 2 is 2.10 bits per heavy atom. The normalized spacial score (nSPS) is 11.7. The molecule has 1 aromatic heterocycles. The molecule has 1 atom stereocenters. The topological polar surface area (TPSA) is 91.3 Å². The summed E-state index contributed by atoms with van der Waals surface area (Å²) in [6.07, 6.45) is 5.43. The summed E-state index contributed by atoms with van der Waals surface area (Å²) < 4.78 is 0. The number of nitrogens with one attached hydrogen (secondary N) is 2. The third kappa shape index (κ3) is 6.72. The van der Waals surface area contributed by atoms with Crippen LogP contribution < -0.4 is 10.6 Å². The lowest BCUT2D eigenvalue weighted by molar-refractivity contribution is -0.141. The summed E-state index contributed by atoms with van der Waals surface area (Å²) in [5, 5.41) is 14.2. The summed E-state index contributed by atoms with van der Waals surface area (Å²) in [4.78, 5) is 26.1. The van der Waals surface area contributed by atoms with Gasteiger partial charge in [-0.1, -0.05) is 13.0 Å². The predicted octanol–water partition coefficient (Wildman–Crippen LogP) is 1.42. The maximum atomic E-state index is 11.5. The molecule has 110 valence electrons. The van der Waals surface area contributed by atoms with Crippen LogP contribution in [-0.2, 0) is 11.2 Å². The molecule has 0 spiro atoms. The van der Waals surface area contributed by atoms with Crippen molar-refractivity contribution in [1.29, 1.82) is 0 Å². The van der Waals surface area contributed by atoms with E-state index >= 15 is 0 Å². The third-order valence-corrected chi connectivity index (χ3v) is 2.94. The number of aliphatic carboxylic acids is 1. The van der Waals surface area contributed by atoms with Crippen LogP contribution in [-0.4, -0.2) is 35.2 Å². The fraction of sp³-hybridized carbons (Fsp3) is 0.500. The van der Waals surface area contributed by atoms with Crippen molar-refractivity contribution in [3.8, 4) is 0 Å². The van der Waals surface area contributed by atoms with Gasteiger partial charge in [0, 0.05) is 25.5 Å². The van der Waals surface area contributed by atoms with Crippen molar-refractivity contribution in [2.75, 3.05) is 13.1 Å². The maximum absolute atomic E-state index is 11.5. The lowest BCUT2D eigenvalue weighted by Crippen LogP contribution is -2.37. The van der Waals surface area contributed by atoms with Gasteiger partial charge >= 0.3 is 12.0 Å². The number of nitrogens with zero attached hydrogens (tertiary/aromatic N) is 1. The van der Waals surface area contributed by atoms with Gasteiger partial charge in [0.05, 0.1) is 5.92 Å². The lowest BCUT2D eigenvalue weighted by atomic mass is 10.1. The van der Waals surface area contributed by atoms with E-state index in [0.29, 0.717) is 25.9 Å². The highest BCUT2D eigenvalue weighted by Crippen LogP contribution is 2.04. The molecule has 2 amide bonds. The van der Waals surface area contributed by atoms with Crippen molar-refractivity contribution in [2.24, 2.45) is 5.92 Å². The molecule has 1 heterocycles. The smallest absolute Gasteiger partial charge is 0.314 e. The molecule has 6 heteroatoms. The fourth-order valence-electron chi connectivity index (χ4n) is 1.66. The molecule has 20 heavy (non-hydrogen) atoms. The summed E-state index contributed by atoms with van der Waals surface area (Å²) in [7, 11) is 0. The number of hydrogen-bond acceptors (Lipinski definition) is 3. The third-order valence-electron chi connectivity index (χ3n) is 2.94. The molecule has 1 rings (SSSR count). The predicted molar refractivity (Wildman–Crippen MR) is 75.4 cm³/mol. The summed E-state index contributed by atoms with van der Waals surface area (Å²) in [5.74, 6) is -1.17. The van der Waals surface area contributed by atoms with Crippen molar-refractivity contribution < 1.29 is 14.7 Å². The van der Waals surface area contributed by atoms with Crippen molar-refractivity contribution in [2.45, 2.75) is 26.2 Å². The fourth-order valence-corrected chi connectivity index (χ4v) is 1.66. The monoisotopic (exact) mass is 279 g/mol. The number of urea groups is 1. The number of hydrogen-bond donors (Lipinski definition) is 3. The van der Waals surface area contributed by atoms with E-state index in [1.54, 1.807) is 19.3 Å². The van der Waals surface area contributed by atoms with Crippen molar-refractivity contribution in [3.63, 3.8) is 0 Å². The molecular formula is C14H21N3O3. The Balaban J connectivity index is 2.05. The SMILES string of the molecule is CC(CCCNC(=O)NCCc1cccnc1)C(=O)O. The van der Waals surface area contributed by atoms with Crippen LogP contribution in [0.25, 0.3) is 0 Å². The van der Waals surface area contributed by atoms with Gasteiger partial charge in [-0.3, -0.25) is 9.78 Å². The molecule has 0 radical (unpaired) electrons. The standard InChI is InChI=1S/C14H21N3O3/c1-11(13(18)19)4-2-8-16-14(20)17-9-6-12-5-3-7-15-10-12/h3,5,7,10-11H,2,4,6,8-9H2,1H3,(H,18,19)(H2,16,17,20). The molecule has 0 bridgehead atoms. The zero-order chi connectivity index (χ0) is 14.8. The van der Waals surface area contributed by atoms with E-state index in [1.165, 1.54) is 0 Å². The molecule has 1 unspecified atom stereocenters. The van der Waals surface area contributed by atoms with Gasteiger partial charge < -0.3 is 15.7 Å². The molecular weight excluding hydrogens is 258 g/mol. The maximum Gasteiger partial charge on any atom is 0.314 e. The van der Waals surface area contributed by atoms with Gasteiger partial charge in [0.1, 0.15) is 0 Å². The number of carboxylic acids is 1. The summed E-state index contributed by atoms with van der Waals surface area (Å²) in [6, 6.07) is 3.59. The van der Waals surface area contributed by atoms with Crippen LogP contribution in [0.3, 0.4) is 0 Å². The van der Waals surface area contributed by atoms with E-state index in [9.17, 15) is 9.59 Å². The van der Waals surface area contributed by atoms with E-state index in [-0.39, 0.29) is 11.9 Å². The van der Waals surface area contributed by atoms with E-state index in [4.69, 9.17) is 5.11 Å². The molecule has 0 saturated heterocycles. The number of carbonyl (C=O) groups excluding carboxylic acids is 1. The largest absolute Gasteiger partial charge is 0.481 e. The summed E-state index contributed by atoms with van der Waals surface area (Å²) in [5.41, 5.74) is 1.07. The van der Waals surface area contributed by atoms with Crippen LogP contribution in [0, 0.1) is 5.92 Å². The average molecular weight is 279 g/mol. The second kappa shape index (κ2) is 8.90. The molecule has 0 aliphatic carbocycles. The van der Waals surface area contributed by atoms with Crippen LogP contribution >= 0.6 is 0 Å². The quantitative estimate of drug-likeness (QED) is 0.628. The highest BCUT2D eigenvalue weighted by molar-refractivity contribution is 5.73. The first kappa shape index (κ1) is 15.9. The van der Waals surface area contributed by atoms with E-state index in [0.717, 1.165) is 12.0 Å². The Kier molecular flexibility index (Phi) is 7.10. The van der Waals surface area contributed by atoms with Crippen LogP contribution in [0.2, 0.25) is 0 Å². The minimum Gasteiger partial charge on any atom is -0.481 e. The van der Waals surface area contributed by atoms with Crippen molar-refractivity contribution in [1.82, 2.24) is 15.6 Å². The van der Waals surface area contributed by atoms with E-state index in [1.807, 2.05) is 12.1 Å². The molecule has 0 saturated carbocycles. The van der Waals surface area contributed by atoms with Gasteiger partial charge in [0.25, 0.3) is 0 Å². The highest BCUT2D eigenvalue weighted by atomic mass is 16.4. The van der Waals surface area contributed by atoms with Gasteiger partial charge in [0.2, 0.25) is 0 Å². The second-order valence-corrected chi connectivity index (χ2v) is 4.68. The Bertz CT molecular complexity index is 423. The van der Waals surface area contributed by atoms with Gasteiger partial charge in [0.15, 0.2) is 0 Å². The van der Waals surface area contributed by atoms with Crippen LogP contribution in [0.5, 0.6) is 0 Å². The number of carboxylic acid groups (broad SMARTS) is 1. The Labute approximate surface area is 118 Å². The summed E-state index contributed by atoms with van der Waals surface area (Å²) >= 11 is 0. The van der Waals surface area contributed by atoms with Gasteiger partial charge in [-0.2, -0.15) is 0 Å². The minimum absolute atomic E-state index is 0.225. The second-order valence-electron chi connectivity index (χ2n) is 4.68. The molecule has 0 aliphatic rings. The van der Waals surface area contributed by atoms with Crippen LogP contribution in [0.15, 0.2) is 24.5 Å². The van der Waals surface area contributed by atoms with Gasteiger partial charge in [-0.25, -0.2) is 4.79 Å². The summed E-state index contributed by atoms with van der Waals surface area (Å²) in [6.45, 7) is 2.69. The van der Waals surface area contributed by atoms with E-state index < -0.39 is 5.97 Å². The number of rotatable bonds is 8. The molecule has 0 aromatic carbocycles. The van der Waals surface area contributed by atoms with Crippen molar-refractivity contribution in [3.05, 3.63) is 30.1 Å². The molecule has 0 aliphatic heterocycles. The highest BCUT2D eigenvalue weighted by Gasteiger charge is 2.09. The minimum atomic E-state index is -0.800. The van der Waals surface area contributed by atoms with Crippen LogP contribution in [0.1, 0.15) is 25.3 Å². The molecule has 0 fully saturated rings. The van der Waals surface area contributed by atoms with Gasteiger partial charge in [-0.05, 0) is 30.9 Å².